The second-order valence-electron chi connectivity index (χ2n) is 6.92. The molecule has 1 aliphatic carbocycles. The molecular formula is C21H15ClN2O4S. The smallest absolute Gasteiger partial charge is 0.371 e. The van der Waals surface area contributed by atoms with Gasteiger partial charge in [0.25, 0.3) is 5.56 Å². The zero-order valence-corrected chi connectivity index (χ0v) is 16.7. The minimum atomic E-state index is -1.15. The molecule has 1 N–H and O–H groups in total. The molecule has 0 saturated heterocycles. The van der Waals surface area contributed by atoms with Crippen LogP contribution in [0.4, 0.5) is 0 Å². The van der Waals surface area contributed by atoms with Crippen LogP contribution in [-0.2, 0) is 19.4 Å². The molecule has 4 aromatic rings. The summed E-state index contributed by atoms with van der Waals surface area (Å²) in [5.41, 5.74) is 1.58. The molecule has 29 heavy (non-hydrogen) atoms. The molecule has 8 heteroatoms. The van der Waals surface area contributed by atoms with Crippen LogP contribution in [0.1, 0.15) is 33.2 Å². The molecule has 0 saturated carbocycles. The Kier molecular flexibility index (Phi) is 4.29. The number of nitrogens with zero attached hydrogens (tertiary/aromatic N) is 2. The van der Waals surface area contributed by atoms with E-state index in [0.717, 1.165) is 29.7 Å². The van der Waals surface area contributed by atoms with E-state index < -0.39 is 5.97 Å². The largest absolute Gasteiger partial charge is 0.475 e. The third-order valence-corrected chi connectivity index (χ3v) is 6.64. The van der Waals surface area contributed by atoms with Crippen LogP contribution in [0.2, 0.25) is 5.02 Å². The fourth-order valence-corrected chi connectivity index (χ4v) is 5.28. The number of fused-ring (bicyclic) bond motifs is 3. The lowest BCUT2D eigenvalue weighted by Crippen LogP contribution is -2.24. The van der Waals surface area contributed by atoms with Gasteiger partial charge in [0.15, 0.2) is 0 Å². The van der Waals surface area contributed by atoms with Crippen LogP contribution in [0.15, 0.2) is 45.6 Å². The van der Waals surface area contributed by atoms with Gasteiger partial charge in [0.05, 0.1) is 17.0 Å². The third kappa shape index (κ3) is 2.97. The van der Waals surface area contributed by atoms with Gasteiger partial charge >= 0.3 is 5.97 Å². The fourth-order valence-electron chi connectivity index (χ4n) is 3.81. The van der Waals surface area contributed by atoms with E-state index in [1.165, 1.54) is 15.5 Å². The molecule has 0 bridgehead atoms. The second-order valence-corrected chi connectivity index (χ2v) is 8.41. The number of carboxylic acids is 1. The number of halogens is 1. The van der Waals surface area contributed by atoms with Crippen LogP contribution < -0.4 is 5.56 Å². The van der Waals surface area contributed by atoms with Crippen LogP contribution in [0.3, 0.4) is 0 Å². The molecule has 0 fully saturated rings. The summed E-state index contributed by atoms with van der Waals surface area (Å²) >= 11 is 7.97. The topological polar surface area (TPSA) is 85.3 Å². The molecule has 0 atom stereocenters. The van der Waals surface area contributed by atoms with Crippen LogP contribution in [0.5, 0.6) is 0 Å². The minimum absolute atomic E-state index is 0.0697. The van der Waals surface area contributed by atoms with Gasteiger partial charge in [0.2, 0.25) is 5.76 Å². The van der Waals surface area contributed by atoms with E-state index in [1.54, 1.807) is 23.5 Å². The van der Waals surface area contributed by atoms with Crippen molar-refractivity contribution >= 4 is 39.1 Å². The van der Waals surface area contributed by atoms with Crippen molar-refractivity contribution in [2.45, 2.75) is 25.8 Å². The van der Waals surface area contributed by atoms with Gasteiger partial charge in [-0.25, -0.2) is 9.78 Å². The molecule has 3 aromatic heterocycles. The predicted molar refractivity (Wildman–Crippen MR) is 111 cm³/mol. The average molecular weight is 427 g/mol. The van der Waals surface area contributed by atoms with Gasteiger partial charge in [-0.15, -0.1) is 11.3 Å². The van der Waals surface area contributed by atoms with Crippen LogP contribution in [0.25, 0.3) is 21.6 Å². The highest BCUT2D eigenvalue weighted by Gasteiger charge is 2.24. The summed E-state index contributed by atoms with van der Waals surface area (Å²) in [6, 6.07) is 10.2. The molecule has 0 radical (unpaired) electrons. The molecule has 0 aliphatic heterocycles. The number of hydrogen-bond acceptors (Lipinski definition) is 5. The van der Waals surface area contributed by atoms with Gasteiger partial charge < -0.3 is 9.52 Å². The first-order valence-electron chi connectivity index (χ1n) is 9.15. The SMILES string of the molecule is O=C(O)c1ccc(Cn2c(-c3ccccc3Cl)nc3sc4c(c3c2=O)CCC4)o1. The predicted octanol–water partition coefficient (Wildman–Crippen LogP) is 4.61. The molecule has 146 valence electrons. The number of aryl methyl sites for hydroxylation is 2. The number of carboxylic acid groups (broad SMARTS) is 1. The van der Waals surface area contributed by atoms with Crippen molar-refractivity contribution in [3.8, 4) is 11.4 Å². The number of rotatable bonds is 4. The Labute approximate surface area is 174 Å². The number of aromatic nitrogens is 2. The first-order valence-corrected chi connectivity index (χ1v) is 10.3. The second kappa shape index (κ2) is 6.86. The van der Waals surface area contributed by atoms with Gasteiger partial charge in [-0.3, -0.25) is 9.36 Å². The quantitative estimate of drug-likeness (QED) is 0.515. The standard InChI is InChI=1S/C21H15ClN2O4S/c22-14-6-2-1-4-12(14)18-23-19-17(13-5-3-7-16(13)29-19)20(25)24(18)10-11-8-9-15(28-11)21(26)27/h1-2,4,6,8-9H,3,5,7,10H2,(H,26,27). The van der Waals surface area contributed by atoms with Gasteiger partial charge in [-0.1, -0.05) is 23.7 Å². The summed E-state index contributed by atoms with van der Waals surface area (Å²) < 4.78 is 6.92. The lowest BCUT2D eigenvalue weighted by molar-refractivity contribution is 0.0660. The van der Waals surface area contributed by atoms with E-state index >= 15 is 0 Å². The van der Waals surface area contributed by atoms with E-state index in [1.807, 2.05) is 18.2 Å². The fraction of sp³-hybridized carbons (Fsp3) is 0.190. The molecule has 0 amide bonds. The van der Waals surface area contributed by atoms with Crippen molar-refractivity contribution in [1.29, 1.82) is 0 Å². The number of thiophene rings is 1. The summed E-state index contributed by atoms with van der Waals surface area (Å²) in [4.78, 5) is 31.4. The van der Waals surface area contributed by atoms with Crippen molar-refractivity contribution in [2.24, 2.45) is 0 Å². The first-order chi connectivity index (χ1) is 14.0. The van der Waals surface area contributed by atoms with Crippen LogP contribution in [0, 0.1) is 0 Å². The Balaban J connectivity index is 1.75. The molecule has 6 nitrogen and oxygen atoms in total. The van der Waals surface area contributed by atoms with Gasteiger partial charge in [0, 0.05) is 10.4 Å². The van der Waals surface area contributed by atoms with E-state index in [0.29, 0.717) is 27.6 Å². The van der Waals surface area contributed by atoms with Crippen molar-refractivity contribution < 1.29 is 14.3 Å². The number of furan rings is 1. The highest BCUT2D eigenvalue weighted by Crippen LogP contribution is 2.36. The van der Waals surface area contributed by atoms with Crippen molar-refractivity contribution in [2.75, 3.05) is 0 Å². The van der Waals surface area contributed by atoms with Gasteiger partial charge in [-0.05, 0) is 49.1 Å². The highest BCUT2D eigenvalue weighted by atomic mass is 35.5. The normalized spacial score (nSPS) is 13.1. The van der Waals surface area contributed by atoms with Crippen molar-refractivity contribution in [1.82, 2.24) is 9.55 Å². The maximum atomic E-state index is 13.5. The molecule has 1 aliphatic rings. The summed E-state index contributed by atoms with van der Waals surface area (Å²) in [6.45, 7) is 0.0697. The maximum Gasteiger partial charge on any atom is 0.371 e. The highest BCUT2D eigenvalue weighted by molar-refractivity contribution is 7.18. The number of hydrogen-bond donors (Lipinski definition) is 1. The van der Waals surface area contributed by atoms with E-state index in [2.05, 4.69) is 0 Å². The summed E-state index contributed by atoms with van der Waals surface area (Å²) in [6.07, 6.45) is 2.89. The first kappa shape index (κ1) is 18.1. The Morgan fingerprint density at radius 3 is 2.83 bits per heavy atom. The Hall–Kier alpha value is -2.90. The number of aromatic carboxylic acids is 1. The zero-order chi connectivity index (χ0) is 20.1. The molecule has 3 heterocycles. The monoisotopic (exact) mass is 426 g/mol. The van der Waals surface area contributed by atoms with Crippen LogP contribution >= 0.6 is 22.9 Å². The lowest BCUT2D eigenvalue weighted by atomic mass is 10.1. The van der Waals surface area contributed by atoms with Gasteiger partial charge in [0.1, 0.15) is 16.4 Å². The van der Waals surface area contributed by atoms with E-state index in [-0.39, 0.29) is 17.9 Å². The summed E-state index contributed by atoms with van der Waals surface area (Å²) in [5.74, 6) is -0.510. The minimum Gasteiger partial charge on any atom is -0.475 e. The Bertz CT molecular complexity index is 1330. The van der Waals surface area contributed by atoms with Gasteiger partial charge in [-0.2, -0.15) is 0 Å². The zero-order valence-electron chi connectivity index (χ0n) is 15.1. The third-order valence-electron chi connectivity index (χ3n) is 5.13. The molecule has 0 unspecified atom stereocenters. The number of carbonyl (C=O) groups is 1. The Morgan fingerprint density at radius 1 is 1.24 bits per heavy atom. The van der Waals surface area contributed by atoms with E-state index in [4.69, 9.17) is 26.1 Å². The van der Waals surface area contributed by atoms with Crippen molar-refractivity contribution in [3.05, 3.63) is 73.7 Å². The summed E-state index contributed by atoms with van der Waals surface area (Å²) in [7, 11) is 0. The lowest BCUT2D eigenvalue weighted by Gasteiger charge is -2.13. The number of benzene rings is 1. The molecule has 0 spiro atoms. The van der Waals surface area contributed by atoms with Crippen LogP contribution in [-0.4, -0.2) is 20.6 Å². The Morgan fingerprint density at radius 2 is 2.07 bits per heavy atom. The summed E-state index contributed by atoms with van der Waals surface area (Å²) in [5, 5.41) is 10.3. The molecular weight excluding hydrogens is 412 g/mol. The van der Waals surface area contributed by atoms with E-state index in [9.17, 15) is 9.59 Å². The molecule has 5 rings (SSSR count). The average Bonchev–Trinajstić information content (AvgIpc) is 3.40. The maximum absolute atomic E-state index is 13.5. The van der Waals surface area contributed by atoms with Crippen molar-refractivity contribution in [3.63, 3.8) is 0 Å². The molecule has 1 aromatic carbocycles.